The second kappa shape index (κ2) is 6.67. The highest BCUT2D eigenvalue weighted by atomic mass is 19.1. The number of rotatable bonds is 6. The third-order valence-corrected chi connectivity index (χ3v) is 2.70. The minimum Gasteiger partial charge on any atom is -0.310 e. The summed E-state index contributed by atoms with van der Waals surface area (Å²) in [6.45, 7) is 3.20. The molecule has 17 heavy (non-hydrogen) atoms. The van der Waals surface area contributed by atoms with Crippen LogP contribution in [0.2, 0.25) is 0 Å². The van der Waals surface area contributed by atoms with Crippen LogP contribution in [0.15, 0.2) is 18.2 Å². The number of hydrogen-bond donors (Lipinski definition) is 1. The number of hydrogen-bond acceptors (Lipinski definition) is 2. The van der Waals surface area contributed by atoms with Crippen molar-refractivity contribution in [3.05, 3.63) is 35.4 Å². The van der Waals surface area contributed by atoms with Gasteiger partial charge in [0.15, 0.2) is 0 Å². The van der Waals surface area contributed by atoms with Crippen molar-refractivity contribution in [3.8, 4) is 0 Å². The third kappa shape index (κ3) is 4.79. The van der Waals surface area contributed by atoms with E-state index in [4.69, 9.17) is 0 Å². The van der Waals surface area contributed by atoms with E-state index in [-0.39, 0.29) is 18.2 Å². The van der Waals surface area contributed by atoms with Crippen molar-refractivity contribution < 1.29 is 8.78 Å². The van der Waals surface area contributed by atoms with E-state index in [1.165, 1.54) is 18.2 Å². The fourth-order valence-electron chi connectivity index (χ4n) is 1.53. The summed E-state index contributed by atoms with van der Waals surface area (Å²) in [5.41, 5.74) is 0.115. The first-order valence-corrected chi connectivity index (χ1v) is 5.81. The van der Waals surface area contributed by atoms with Crippen LogP contribution >= 0.6 is 0 Å². The molecule has 1 aromatic rings. The maximum absolute atomic E-state index is 13.3. The predicted octanol–water partition coefficient (Wildman–Crippen LogP) is 2.39. The lowest BCUT2D eigenvalue weighted by atomic mass is 10.1. The Bertz CT molecular complexity index is 333. The van der Waals surface area contributed by atoms with Gasteiger partial charge in [-0.25, -0.2) is 8.78 Å². The quantitative estimate of drug-likeness (QED) is 0.824. The Morgan fingerprint density at radius 1 is 1.24 bits per heavy atom. The molecule has 0 aliphatic carbocycles. The summed E-state index contributed by atoms with van der Waals surface area (Å²) in [6.07, 6.45) is 0.947. The Kier molecular flexibility index (Phi) is 5.51. The molecular formula is C13H20F2N2. The third-order valence-electron chi connectivity index (χ3n) is 2.70. The molecule has 0 aliphatic heterocycles. The molecule has 1 rings (SSSR count). The Balaban J connectivity index is 2.44. The molecular weight excluding hydrogens is 222 g/mol. The highest BCUT2D eigenvalue weighted by Crippen LogP contribution is 2.11. The Labute approximate surface area is 102 Å². The molecule has 96 valence electrons. The van der Waals surface area contributed by atoms with Crippen LogP contribution < -0.4 is 5.32 Å². The lowest BCUT2D eigenvalue weighted by Crippen LogP contribution is -2.30. The van der Waals surface area contributed by atoms with Gasteiger partial charge >= 0.3 is 0 Å². The van der Waals surface area contributed by atoms with Crippen LogP contribution in [0.1, 0.15) is 18.9 Å². The van der Waals surface area contributed by atoms with Crippen molar-refractivity contribution >= 4 is 0 Å². The second-order valence-electron chi connectivity index (χ2n) is 4.57. The van der Waals surface area contributed by atoms with E-state index >= 15 is 0 Å². The first-order chi connectivity index (χ1) is 8.00. The van der Waals surface area contributed by atoms with E-state index in [1.54, 1.807) is 0 Å². The fourth-order valence-corrected chi connectivity index (χ4v) is 1.53. The van der Waals surface area contributed by atoms with E-state index in [1.807, 2.05) is 21.0 Å². The minimum atomic E-state index is -0.489. The van der Waals surface area contributed by atoms with Crippen LogP contribution in [0.4, 0.5) is 8.78 Å². The van der Waals surface area contributed by atoms with Crippen molar-refractivity contribution in [3.63, 3.8) is 0 Å². The number of nitrogens with zero attached hydrogens (tertiary/aromatic N) is 1. The number of halogens is 2. The highest BCUT2D eigenvalue weighted by molar-refractivity contribution is 5.19. The summed E-state index contributed by atoms with van der Waals surface area (Å²) in [4.78, 5) is 2.09. The van der Waals surface area contributed by atoms with Gasteiger partial charge in [-0.2, -0.15) is 0 Å². The van der Waals surface area contributed by atoms with E-state index < -0.39 is 11.6 Å². The van der Waals surface area contributed by atoms with Gasteiger partial charge in [0.25, 0.3) is 0 Å². The first kappa shape index (κ1) is 14.1. The van der Waals surface area contributed by atoms with E-state index in [9.17, 15) is 8.78 Å². The molecule has 0 aromatic heterocycles. The molecule has 1 unspecified atom stereocenters. The smallest absolute Gasteiger partial charge is 0.130 e. The highest BCUT2D eigenvalue weighted by Gasteiger charge is 2.09. The summed E-state index contributed by atoms with van der Waals surface area (Å²) in [6, 6.07) is 4.18. The van der Waals surface area contributed by atoms with E-state index in [0.29, 0.717) is 0 Å². The molecule has 4 heteroatoms. The zero-order valence-corrected chi connectivity index (χ0v) is 10.6. The zero-order valence-electron chi connectivity index (χ0n) is 10.6. The van der Waals surface area contributed by atoms with Gasteiger partial charge in [-0.1, -0.05) is 6.07 Å². The first-order valence-electron chi connectivity index (χ1n) is 5.81. The predicted molar refractivity (Wildman–Crippen MR) is 65.8 cm³/mol. The Morgan fingerprint density at radius 3 is 2.35 bits per heavy atom. The van der Waals surface area contributed by atoms with Crippen LogP contribution in [0.25, 0.3) is 0 Å². The molecule has 0 heterocycles. The number of nitrogens with one attached hydrogen (secondary N) is 1. The van der Waals surface area contributed by atoms with Gasteiger partial charge in [0, 0.05) is 18.2 Å². The van der Waals surface area contributed by atoms with E-state index in [2.05, 4.69) is 10.2 Å². The molecule has 0 saturated heterocycles. The van der Waals surface area contributed by atoms with Crippen LogP contribution in [-0.2, 0) is 6.54 Å². The van der Waals surface area contributed by atoms with Crippen molar-refractivity contribution in [1.82, 2.24) is 10.2 Å². The minimum absolute atomic E-state index is 0.115. The summed E-state index contributed by atoms with van der Waals surface area (Å²) in [5, 5.41) is 3.13. The van der Waals surface area contributed by atoms with Gasteiger partial charge in [0.1, 0.15) is 11.6 Å². The number of benzene rings is 1. The molecule has 1 N–H and O–H groups in total. The van der Waals surface area contributed by atoms with Crippen LogP contribution in [-0.4, -0.2) is 31.6 Å². The van der Waals surface area contributed by atoms with Gasteiger partial charge in [0.05, 0.1) is 0 Å². The fraction of sp³-hybridized carbons (Fsp3) is 0.538. The Morgan fingerprint density at radius 2 is 1.82 bits per heavy atom. The lowest BCUT2D eigenvalue weighted by Gasteiger charge is -2.17. The molecule has 0 radical (unpaired) electrons. The molecule has 2 nitrogen and oxygen atoms in total. The maximum atomic E-state index is 13.3. The lowest BCUT2D eigenvalue weighted by molar-refractivity contribution is 0.363. The van der Waals surface area contributed by atoms with Crippen LogP contribution in [0.5, 0.6) is 0 Å². The average molecular weight is 242 g/mol. The standard InChI is InChI=1S/C13H20F2N2/c1-10(7-8-17(2)3)16-9-11-12(14)5-4-6-13(11)15/h4-6,10,16H,7-9H2,1-3H3. The molecule has 0 spiro atoms. The summed E-state index contributed by atoms with van der Waals surface area (Å²) in [7, 11) is 4.01. The molecule has 0 aliphatic rings. The molecule has 0 bridgehead atoms. The normalized spacial score (nSPS) is 13.1. The van der Waals surface area contributed by atoms with Gasteiger partial charge in [0.2, 0.25) is 0 Å². The van der Waals surface area contributed by atoms with Crippen molar-refractivity contribution in [2.45, 2.75) is 25.9 Å². The Hall–Kier alpha value is -1.00. The van der Waals surface area contributed by atoms with Gasteiger partial charge < -0.3 is 10.2 Å². The summed E-state index contributed by atoms with van der Waals surface area (Å²) in [5.74, 6) is -0.977. The maximum Gasteiger partial charge on any atom is 0.130 e. The summed E-state index contributed by atoms with van der Waals surface area (Å²) < 4.78 is 26.7. The van der Waals surface area contributed by atoms with Gasteiger partial charge in [-0.05, 0) is 46.1 Å². The van der Waals surface area contributed by atoms with Crippen molar-refractivity contribution in [1.29, 1.82) is 0 Å². The molecule has 1 atom stereocenters. The van der Waals surface area contributed by atoms with Crippen LogP contribution in [0.3, 0.4) is 0 Å². The molecule has 0 amide bonds. The SMILES string of the molecule is CC(CCN(C)C)NCc1c(F)cccc1F. The van der Waals surface area contributed by atoms with Crippen molar-refractivity contribution in [2.75, 3.05) is 20.6 Å². The van der Waals surface area contributed by atoms with Gasteiger partial charge in [-0.15, -0.1) is 0 Å². The average Bonchev–Trinajstić information content (AvgIpc) is 2.25. The molecule has 0 fully saturated rings. The topological polar surface area (TPSA) is 15.3 Å². The van der Waals surface area contributed by atoms with Crippen molar-refractivity contribution in [2.24, 2.45) is 0 Å². The largest absolute Gasteiger partial charge is 0.310 e. The van der Waals surface area contributed by atoms with Gasteiger partial charge in [-0.3, -0.25) is 0 Å². The molecule has 0 saturated carbocycles. The van der Waals surface area contributed by atoms with E-state index in [0.717, 1.165) is 13.0 Å². The monoisotopic (exact) mass is 242 g/mol. The van der Waals surface area contributed by atoms with Crippen LogP contribution in [0, 0.1) is 11.6 Å². The second-order valence-corrected chi connectivity index (χ2v) is 4.57. The summed E-state index contributed by atoms with van der Waals surface area (Å²) >= 11 is 0. The zero-order chi connectivity index (χ0) is 12.8. The molecule has 1 aromatic carbocycles.